The lowest BCUT2D eigenvalue weighted by atomic mass is 10.2. The van der Waals surface area contributed by atoms with E-state index in [9.17, 15) is 0 Å². The van der Waals surface area contributed by atoms with Crippen molar-refractivity contribution in [1.29, 1.82) is 0 Å². The van der Waals surface area contributed by atoms with Crippen molar-refractivity contribution in [1.82, 2.24) is 15.5 Å². The normalized spacial score (nSPS) is 20.0. The average Bonchev–Trinajstić information content (AvgIpc) is 2.95. The molecule has 1 rings (SSSR count). The fraction of sp³-hybridized carbons (Fsp3) is 0.938. The van der Waals surface area contributed by atoms with E-state index >= 15 is 0 Å². The topological polar surface area (TPSA) is 48.9 Å². The molecule has 1 unspecified atom stereocenters. The van der Waals surface area contributed by atoms with Crippen LogP contribution in [-0.4, -0.2) is 62.8 Å². The molecule has 5 heteroatoms. The quantitative estimate of drug-likeness (QED) is 0.367. The van der Waals surface area contributed by atoms with Gasteiger partial charge in [-0.2, -0.15) is 0 Å². The summed E-state index contributed by atoms with van der Waals surface area (Å²) in [5.74, 6) is 0.955. The Labute approximate surface area is 130 Å². The summed E-state index contributed by atoms with van der Waals surface area (Å²) in [6, 6.07) is 0.628. The zero-order valence-corrected chi connectivity index (χ0v) is 14.2. The van der Waals surface area contributed by atoms with Crippen molar-refractivity contribution in [2.24, 2.45) is 4.99 Å². The third-order valence-electron chi connectivity index (χ3n) is 3.92. The van der Waals surface area contributed by atoms with E-state index in [1.807, 2.05) is 6.92 Å². The third kappa shape index (κ3) is 7.67. The van der Waals surface area contributed by atoms with Crippen molar-refractivity contribution >= 4 is 5.96 Å². The number of nitrogens with one attached hydrogen (secondary N) is 2. The molecular formula is C16H34N4O. The number of nitrogens with zero attached hydrogens (tertiary/aromatic N) is 2. The molecule has 0 aromatic heterocycles. The molecule has 1 aliphatic heterocycles. The van der Waals surface area contributed by atoms with Crippen LogP contribution in [0.3, 0.4) is 0 Å². The Hall–Kier alpha value is -0.810. The van der Waals surface area contributed by atoms with Gasteiger partial charge in [0.2, 0.25) is 0 Å². The number of aliphatic imine (C=N–C) groups is 1. The Balaban J connectivity index is 2.25. The van der Waals surface area contributed by atoms with Gasteiger partial charge in [-0.1, -0.05) is 6.92 Å². The van der Waals surface area contributed by atoms with Crippen molar-refractivity contribution in [3.8, 4) is 0 Å². The molecule has 0 radical (unpaired) electrons. The molecule has 1 heterocycles. The number of likely N-dealkylation sites (N-methyl/N-ethyl adjacent to an activating group) is 1. The number of unbranched alkanes of at least 4 members (excludes halogenated alkanes) is 1. The van der Waals surface area contributed by atoms with E-state index in [1.54, 1.807) is 0 Å². The lowest BCUT2D eigenvalue weighted by Gasteiger charge is -2.21. The number of likely N-dealkylation sites (tertiary alicyclic amines) is 1. The molecule has 124 valence electrons. The summed E-state index contributed by atoms with van der Waals surface area (Å²) in [4.78, 5) is 7.29. The van der Waals surface area contributed by atoms with Crippen LogP contribution < -0.4 is 10.6 Å². The Morgan fingerprint density at radius 3 is 2.81 bits per heavy atom. The van der Waals surface area contributed by atoms with Crippen molar-refractivity contribution in [2.75, 3.05) is 45.9 Å². The summed E-state index contributed by atoms with van der Waals surface area (Å²) in [6.07, 6.45) is 4.82. The van der Waals surface area contributed by atoms with Gasteiger partial charge in [-0.05, 0) is 52.6 Å². The zero-order chi connectivity index (χ0) is 15.3. The highest BCUT2D eigenvalue weighted by molar-refractivity contribution is 5.79. The highest BCUT2D eigenvalue weighted by Crippen LogP contribution is 2.16. The first-order valence-electron chi connectivity index (χ1n) is 8.65. The summed E-state index contributed by atoms with van der Waals surface area (Å²) < 4.78 is 5.35. The summed E-state index contributed by atoms with van der Waals surface area (Å²) in [6.45, 7) is 13.2. The Bertz CT molecular complexity index is 283. The molecule has 2 N–H and O–H groups in total. The molecule has 0 aliphatic carbocycles. The zero-order valence-electron chi connectivity index (χ0n) is 14.2. The lowest BCUT2D eigenvalue weighted by Crippen LogP contribution is -2.39. The molecule has 1 fully saturated rings. The first-order valence-corrected chi connectivity index (χ1v) is 8.65. The number of guanidine groups is 1. The van der Waals surface area contributed by atoms with E-state index in [0.29, 0.717) is 6.04 Å². The Morgan fingerprint density at radius 2 is 2.10 bits per heavy atom. The van der Waals surface area contributed by atoms with Crippen LogP contribution in [0.1, 0.15) is 46.5 Å². The van der Waals surface area contributed by atoms with E-state index in [0.717, 1.165) is 58.2 Å². The number of hydrogen-bond donors (Lipinski definition) is 2. The predicted molar refractivity (Wildman–Crippen MR) is 90.0 cm³/mol. The molecule has 0 amide bonds. The molecule has 1 aliphatic rings. The fourth-order valence-corrected chi connectivity index (χ4v) is 2.74. The Kier molecular flexibility index (Phi) is 10.3. The summed E-state index contributed by atoms with van der Waals surface area (Å²) in [7, 11) is 0. The number of hydrogen-bond acceptors (Lipinski definition) is 3. The van der Waals surface area contributed by atoms with Crippen LogP contribution >= 0.6 is 0 Å². The summed E-state index contributed by atoms with van der Waals surface area (Å²) >= 11 is 0. The predicted octanol–water partition coefficient (Wildman–Crippen LogP) is 1.84. The highest BCUT2D eigenvalue weighted by Gasteiger charge is 2.22. The fourth-order valence-electron chi connectivity index (χ4n) is 2.74. The second-order valence-corrected chi connectivity index (χ2v) is 5.48. The van der Waals surface area contributed by atoms with E-state index in [1.165, 1.54) is 19.4 Å². The molecule has 21 heavy (non-hydrogen) atoms. The van der Waals surface area contributed by atoms with Crippen LogP contribution in [0.15, 0.2) is 4.99 Å². The maximum atomic E-state index is 5.35. The van der Waals surface area contributed by atoms with Gasteiger partial charge >= 0.3 is 0 Å². The molecule has 0 aromatic carbocycles. The molecule has 0 saturated carbocycles. The minimum Gasteiger partial charge on any atom is -0.382 e. The van der Waals surface area contributed by atoms with E-state index in [4.69, 9.17) is 9.73 Å². The van der Waals surface area contributed by atoms with E-state index in [-0.39, 0.29) is 0 Å². The monoisotopic (exact) mass is 298 g/mol. The van der Waals surface area contributed by atoms with Crippen LogP contribution in [-0.2, 0) is 4.74 Å². The minimum absolute atomic E-state index is 0.628. The lowest BCUT2D eigenvalue weighted by molar-refractivity contribution is 0.143. The second kappa shape index (κ2) is 11.8. The molecule has 1 atom stereocenters. The van der Waals surface area contributed by atoms with Crippen LogP contribution in [0.4, 0.5) is 0 Å². The van der Waals surface area contributed by atoms with E-state index in [2.05, 4.69) is 29.4 Å². The van der Waals surface area contributed by atoms with Gasteiger partial charge in [0.1, 0.15) is 0 Å². The van der Waals surface area contributed by atoms with E-state index < -0.39 is 0 Å². The summed E-state index contributed by atoms with van der Waals surface area (Å²) in [5, 5.41) is 6.75. The molecule has 0 aromatic rings. The maximum Gasteiger partial charge on any atom is 0.191 e. The van der Waals surface area contributed by atoms with Gasteiger partial charge in [0.05, 0.1) is 6.54 Å². The molecular weight excluding hydrogens is 264 g/mol. The number of rotatable bonds is 10. The van der Waals surface area contributed by atoms with Crippen molar-refractivity contribution in [2.45, 2.75) is 52.5 Å². The van der Waals surface area contributed by atoms with Gasteiger partial charge in [0.15, 0.2) is 5.96 Å². The second-order valence-electron chi connectivity index (χ2n) is 5.48. The van der Waals surface area contributed by atoms with Gasteiger partial charge in [0.25, 0.3) is 0 Å². The van der Waals surface area contributed by atoms with Crippen molar-refractivity contribution < 1.29 is 4.74 Å². The first kappa shape index (κ1) is 18.2. The van der Waals surface area contributed by atoms with Gasteiger partial charge < -0.3 is 15.4 Å². The Morgan fingerprint density at radius 1 is 1.24 bits per heavy atom. The third-order valence-corrected chi connectivity index (χ3v) is 3.92. The van der Waals surface area contributed by atoms with Crippen LogP contribution in [0.5, 0.6) is 0 Å². The molecule has 5 nitrogen and oxygen atoms in total. The smallest absolute Gasteiger partial charge is 0.191 e. The maximum absolute atomic E-state index is 5.35. The minimum atomic E-state index is 0.628. The standard InChI is InChI=1S/C16H34N4O/c1-4-17-16(18-11-7-8-13-21-6-3)19-14-15-10-9-12-20(15)5-2/h15H,4-14H2,1-3H3,(H2,17,18,19). The van der Waals surface area contributed by atoms with Crippen LogP contribution in [0.25, 0.3) is 0 Å². The molecule has 0 spiro atoms. The largest absolute Gasteiger partial charge is 0.382 e. The van der Waals surface area contributed by atoms with Gasteiger partial charge in [-0.15, -0.1) is 0 Å². The van der Waals surface area contributed by atoms with Crippen LogP contribution in [0.2, 0.25) is 0 Å². The average molecular weight is 298 g/mol. The molecule has 1 saturated heterocycles. The SMILES string of the molecule is CCNC(=NCC1CCCN1CC)NCCCCOCC. The van der Waals surface area contributed by atoms with Gasteiger partial charge in [0, 0.05) is 32.3 Å². The van der Waals surface area contributed by atoms with Crippen LogP contribution in [0, 0.1) is 0 Å². The number of ether oxygens (including phenoxy) is 1. The van der Waals surface area contributed by atoms with Gasteiger partial charge in [-0.3, -0.25) is 9.89 Å². The highest BCUT2D eigenvalue weighted by atomic mass is 16.5. The van der Waals surface area contributed by atoms with Crippen molar-refractivity contribution in [3.05, 3.63) is 0 Å². The molecule has 0 bridgehead atoms. The summed E-state index contributed by atoms with van der Waals surface area (Å²) in [5.41, 5.74) is 0. The van der Waals surface area contributed by atoms with Crippen molar-refractivity contribution in [3.63, 3.8) is 0 Å². The first-order chi connectivity index (χ1) is 10.3. The van der Waals surface area contributed by atoms with Gasteiger partial charge in [-0.25, -0.2) is 0 Å².